The van der Waals surface area contributed by atoms with E-state index in [4.69, 9.17) is 0 Å². The van der Waals surface area contributed by atoms with Crippen LogP contribution in [0.4, 0.5) is 0 Å². The first-order valence-electron chi connectivity index (χ1n) is 10.6. The zero-order valence-corrected chi connectivity index (χ0v) is 16.8. The van der Waals surface area contributed by atoms with Crippen molar-refractivity contribution in [2.24, 2.45) is 0 Å². The number of para-hydroxylation sites is 1. The van der Waals surface area contributed by atoms with E-state index < -0.39 is 6.10 Å². The number of benzene rings is 3. The smallest absolute Gasteiger partial charge is 0.0611 e. The van der Waals surface area contributed by atoms with Crippen molar-refractivity contribution in [3.05, 3.63) is 72.3 Å². The normalized spacial score (nSPS) is 22.4. The molecule has 1 heterocycles. The molecule has 4 aromatic rings. The summed E-state index contributed by atoms with van der Waals surface area (Å²) >= 11 is 0. The van der Waals surface area contributed by atoms with Gasteiger partial charge in [-0.05, 0) is 48.9 Å². The molecule has 3 atom stereocenters. The fourth-order valence-corrected chi connectivity index (χ4v) is 5.19. The first-order chi connectivity index (χ1) is 14.2. The molecule has 148 valence electrons. The van der Waals surface area contributed by atoms with Crippen molar-refractivity contribution in [1.82, 2.24) is 4.57 Å². The molecule has 0 amide bonds. The van der Waals surface area contributed by atoms with Crippen molar-refractivity contribution in [2.45, 2.75) is 50.9 Å². The molecule has 0 bridgehead atoms. The van der Waals surface area contributed by atoms with E-state index in [0.29, 0.717) is 19.3 Å². The van der Waals surface area contributed by atoms with Gasteiger partial charge in [0.05, 0.1) is 17.7 Å². The highest BCUT2D eigenvalue weighted by atomic mass is 16.3. The Bertz CT molecular complexity index is 1160. The average molecular weight is 386 g/mol. The van der Waals surface area contributed by atoms with Crippen molar-refractivity contribution in [3.8, 4) is 11.1 Å². The quantitative estimate of drug-likeness (QED) is 0.491. The minimum atomic E-state index is -0.435. The monoisotopic (exact) mass is 385 g/mol. The van der Waals surface area contributed by atoms with Crippen molar-refractivity contribution in [3.63, 3.8) is 0 Å². The topological polar surface area (TPSA) is 45.4 Å². The number of hydrogen-bond acceptors (Lipinski definition) is 2. The molecule has 1 aliphatic rings. The lowest BCUT2D eigenvalue weighted by Crippen LogP contribution is -2.30. The largest absolute Gasteiger partial charge is 0.393 e. The second-order valence-corrected chi connectivity index (χ2v) is 8.19. The van der Waals surface area contributed by atoms with Gasteiger partial charge < -0.3 is 14.8 Å². The van der Waals surface area contributed by atoms with Gasteiger partial charge in [0.25, 0.3) is 0 Å². The third kappa shape index (κ3) is 2.97. The number of hydrogen-bond donors (Lipinski definition) is 2. The highest BCUT2D eigenvalue weighted by molar-refractivity contribution is 6.10. The van der Waals surface area contributed by atoms with Gasteiger partial charge in [-0.3, -0.25) is 0 Å². The standard InChI is InChI=1S/C26H27NO2/c1-2-27-23-11-7-6-10-20(23)21-14-13-19(17-8-4-3-5-9-17)25(26(21)27)22-16-18(28)12-15-24(22)29/h3-11,13-14,18,22,24,28-29H,2,12,15-16H2,1H3. The lowest BCUT2D eigenvalue weighted by Gasteiger charge is -2.33. The zero-order valence-electron chi connectivity index (χ0n) is 16.8. The average Bonchev–Trinajstić information content (AvgIpc) is 3.09. The second-order valence-electron chi connectivity index (χ2n) is 8.19. The lowest BCUT2D eigenvalue weighted by atomic mass is 9.77. The Morgan fingerprint density at radius 2 is 1.62 bits per heavy atom. The van der Waals surface area contributed by atoms with Crippen LogP contribution < -0.4 is 0 Å². The van der Waals surface area contributed by atoms with Crippen molar-refractivity contribution < 1.29 is 10.2 Å². The van der Waals surface area contributed by atoms with Crippen LogP contribution in [0.15, 0.2) is 66.7 Å². The Kier molecular flexibility index (Phi) is 4.65. The van der Waals surface area contributed by atoms with Crippen LogP contribution in [0.25, 0.3) is 32.9 Å². The summed E-state index contributed by atoms with van der Waals surface area (Å²) < 4.78 is 2.38. The number of fused-ring (bicyclic) bond motifs is 3. The molecule has 3 nitrogen and oxygen atoms in total. The first-order valence-corrected chi connectivity index (χ1v) is 10.6. The molecule has 0 radical (unpaired) electrons. The van der Waals surface area contributed by atoms with Crippen molar-refractivity contribution in [2.75, 3.05) is 0 Å². The first kappa shape index (κ1) is 18.4. The molecule has 0 spiro atoms. The van der Waals surface area contributed by atoms with Crippen molar-refractivity contribution >= 4 is 21.8 Å². The fraction of sp³-hybridized carbons (Fsp3) is 0.308. The van der Waals surface area contributed by atoms with Crippen LogP contribution in [0.5, 0.6) is 0 Å². The molecule has 3 aromatic carbocycles. The molecule has 1 saturated carbocycles. The van der Waals surface area contributed by atoms with E-state index in [9.17, 15) is 10.2 Å². The summed E-state index contributed by atoms with van der Waals surface area (Å²) in [5, 5.41) is 23.9. The minimum Gasteiger partial charge on any atom is -0.393 e. The number of aliphatic hydroxyl groups is 2. The number of aryl methyl sites for hydroxylation is 1. The number of nitrogens with zero attached hydrogens (tertiary/aromatic N) is 1. The predicted octanol–water partition coefficient (Wildman–Crippen LogP) is 5.47. The summed E-state index contributed by atoms with van der Waals surface area (Å²) in [5.41, 5.74) is 5.92. The molecule has 1 aromatic heterocycles. The minimum absolute atomic E-state index is 0.0766. The molecule has 5 rings (SSSR count). The van der Waals surface area contributed by atoms with Gasteiger partial charge in [0.2, 0.25) is 0 Å². The molecule has 0 saturated heterocycles. The fourth-order valence-electron chi connectivity index (χ4n) is 5.19. The summed E-state index contributed by atoms with van der Waals surface area (Å²) in [6.45, 7) is 3.04. The Labute approximate surface area is 171 Å². The van der Waals surface area contributed by atoms with Crippen LogP contribution in [0.1, 0.15) is 37.7 Å². The molecule has 29 heavy (non-hydrogen) atoms. The highest BCUT2D eigenvalue weighted by Crippen LogP contribution is 2.44. The van der Waals surface area contributed by atoms with Crippen LogP contribution in [0.2, 0.25) is 0 Å². The zero-order chi connectivity index (χ0) is 20.0. The van der Waals surface area contributed by atoms with Gasteiger partial charge in [-0.2, -0.15) is 0 Å². The van der Waals surface area contributed by atoms with Gasteiger partial charge in [0, 0.05) is 28.8 Å². The third-order valence-electron chi connectivity index (χ3n) is 6.53. The van der Waals surface area contributed by atoms with Crippen LogP contribution in [0, 0.1) is 0 Å². The predicted molar refractivity (Wildman–Crippen MR) is 119 cm³/mol. The molecular weight excluding hydrogens is 358 g/mol. The van der Waals surface area contributed by atoms with E-state index in [-0.39, 0.29) is 12.0 Å². The van der Waals surface area contributed by atoms with Crippen LogP contribution in [-0.4, -0.2) is 27.0 Å². The molecule has 3 heteroatoms. The summed E-state index contributed by atoms with van der Waals surface area (Å²) in [6, 6.07) is 23.4. The molecule has 2 N–H and O–H groups in total. The van der Waals surface area contributed by atoms with Gasteiger partial charge in [0.1, 0.15) is 0 Å². The van der Waals surface area contributed by atoms with Gasteiger partial charge in [-0.15, -0.1) is 0 Å². The molecule has 3 unspecified atom stereocenters. The molecule has 0 aliphatic heterocycles. The maximum atomic E-state index is 11.0. The lowest BCUT2D eigenvalue weighted by molar-refractivity contribution is 0.0360. The SMILES string of the molecule is CCn1c2ccccc2c2ccc(-c3ccccc3)c(C3CC(O)CCC3O)c21. The van der Waals surface area contributed by atoms with E-state index >= 15 is 0 Å². The molecule has 1 aliphatic carbocycles. The number of aromatic nitrogens is 1. The molecule has 1 fully saturated rings. The molecular formula is C26H27NO2. The van der Waals surface area contributed by atoms with E-state index in [1.54, 1.807) is 0 Å². The van der Waals surface area contributed by atoms with Crippen LogP contribution in [0.3, 0.4) is 0 Å². The summed E-state index contributed by atoms with van der Waals surface area (Å²) in [5.74, 6) is -0.0766. The Hall–Kier alpha value is -2.62. The van der Waals surface area contributed by atoms with Crippen LogP contribution >= 0.6 is 0 Å². The third-order valence-corrected chi connectivity index (χ3v) is 6.53. The summed E-state index contributed by atoms with van der Waals surface area (Å²) in [4.78, 5) is 0. The Balaban J connectivity index is 1.89. The number of aliphatic hydroxyl groups excluding tert-OH is 2. The Morgan fingerprint density at radius 3 is 2.41 bits per heavy atom. The second kappa shape index (κ2) is 7.33. The van der Waals surface area contributed by atoms with Crippen LogP contribution in [-0.2, 0) is 6.54 Å². The van der Waals surface area contributed by atoms with Gasteiger partial charge in [-0.1, -0.05) is 60.7 Å². The van der Waals surface area contributed by atoms with E-state index in [2.05, 4.69) is 72.2 Å². The van der Waals surface area contributed by atoms with E-state index in [1.807, 2.05) is 6.07 Å². The number of rotatable bonds is 3. The van der Waals surface area contributed by atoms with Gasteiger partial charge >= 0.3 is 0 Å². The summed E-state index contributed by atoms with van der Waals surface area (Å²) in [6.07, 6.45) is 1.12. The maximum absolute atomic E-state index is 11.0. The van der Waals surface area contributed by atoms with Gasteiger partial charge in [0.15, 0.2) is 0 Å². The maximum Gasteiger partial charge on any atom is 0.0611 e. The van der Waals surface area contributed by atoms with E-state index in [0.717, 1.165) is 17.7 Å². The van der Waals surface area contributed by atoms with Crippen molar-refractivity contribution in [1.29, 1.82) is 0 Å². The Morgan fingerprint density at radius 1 is 0.862 bits per heavy atom. The van der Waals surface area contributed by atoms with Gasteiger partial charge in [-0.25, -0.2) is 0 Å². The van der Waals surface area contributed by atoms with E-state index in [1.165, 1.54) is 27.4 Å². The summed E-state index contributed by atoms with van der Waals surface area (Å²) in [7, 11) is 0. The highest BCUT2D eigenvalue weighted by Gasteiger charge is 2.33.